The highest BCUT2D eigenvalue weighted by molar-refractivity contribution is 5.75. The normalized spacial score (nSPS) is 27.7. The summed E-state index contributed by atoms with van der Waals surface area (Å²) in [6, 6.07) is 10.4. The van der Waals surface area contributed by atoms with Crippen molar-refractivity contribution in [1.82, 2.24) is 10.2 Å². The number of nitrogens with zero attached hydrogens (tertiary/aromatic N) is 1. The molecule has 1 aromatic rings. The van der Waals surface area contributed by atoms with Gasteiger partial charge in [-0.05, 0) is 44.1 Å². The summed E-state index contributed by atoms with van der Waals surface area (Å²) < 4.78 is 0. The zero-order valence-corrected chi connectivity index (χ0v) is 13.3. The number of carboxylic acid groups (broad SMARTS) is 1. The first kappa shape index (κ1) is 15.8. The first-order valence-corrected chi connectivity index (χ1v) is 8.50. The number of aliphatic carboxylic acids is 1. The van der Waals surface area contributed by atoms with Crippen molar-refractivity contribution in [2.45, 2.75) is 50.6 Å². The number of carbonyl (C=O) groups excluding carboxylic acids is 1. The maximum Gasteiger partial charge on any atom is 0.318 e. The molecule has 3 rings (SSSR count). The summed E-state index contributed by atoms with van der Waals surface area (Å²) >= 11 is 0. The second-order valence-electron chi connectivity index (χ2n) is 6.60. The Morgan fingerprint density at radius 2 is 1.74 bits per heavy atom. The average molecular weight is 316 g/mol. The smallest absolute Gasteiger partial charge is 0.318 e. The standard InChI is InChI=1S/C18H24N2O3/c21-17(22)14-8-10-15(11-9-14)19-18(23)20-12-4-7-16(20)13-5-2-1-3-6-13/h1-3,5-6,14-16H,4,7-12H2,(H,19,23)(H,21,22). The van der Waals surface area contributed by atoms with E-state index >= 15 is 0 Å². The number of carbonyl (C=O) groups is 2. The fourth-order valence-corrected chi connectivity index (χ4v) is 3.77. The topological polar surface area (TPSA) is 69.6 Å². The van der Waals surface area contributed by atoms with Gasteiger partial charge in [0.1, 0.15) is 0 Å². The highest BCUT2D eigenvalue weighted by Gasteiger charge is 2.32. The molecule has 1 heterocycles. The molecule has 23 heavy (non-hydrogen) atoms. The van der Waals surface area contributed by atoms with Crippen LogP contribution in [0.3, 0.4) is 0 Å². The third-order valence-corrected chi connectivity index (χ3v) is 5.10. The lowest BCUT2D eigenvalue weighted by atomic mass is 9.86. The van der Waals surface area contributed by atoms with E-state index in [0.29, 0.717) is 12.8 Å². The van der Waals surface area contributed by atoms with Crippen molar-refractivity contribution in [3.05, 3.63) is 35.9 Å². The molecular weight excluding hydrogens is 292 g/mol. The van der Waals surface area contributed by atoms with Crippen molar-refractivity contribution in [3.63, 3.8) is 0 Å². The number of amides is 2. The van der Waals surface area contributed by atoms with E-state index < -0.39 is 5.97 Å². The van der Waals surface area contributed by atoms with Crippen molar-refractivity contribution < 1.29 is 14.7 Å². The van der Waals surface area contributed by atoms with E-state index in [9.17, 15) is 9.59 Å². The molecule has 124 valence electrons. The zero-order chi connectivity index (χ0) is 16.2. The first-order valence-electron chi connectivity index (χ1n) is 8.50. The van der Waals surface area contributed by atoms with Crippen LogP contribution in [0.4, 0.5) is 4.79 Å². The second kappa shape index (κ2) is 7.02. The predicted molar refractivity (Wildman–Crippen MR) is 87.0 cm³/mol. The Bertz CT molecular complexity index is 553. The SMILES string of the molecule is O=C(O)C1CCC(NC(=O)N2CCCC2c2ccccc2)CC1. The summed E-state index contributed by atoms with van der Waals surface area (Å²) in [6.07, 6.45) is 4.85. The minimum absolute atomic E-state index is 0.00451. The molecule has 5 nitrogen and oxygen atoms in total. The van der Waals surface area contributed by atoms with E-state index in [1.54, 1.807) is 0 Å². The van der Waals surface area contributed by atoms with Gasteiger partial charge in [0, 0.05) is 12.6 Å². The van der Waals surface area contributed by atoms with Crippen molar-refractivity contribution in [2.75, 3.05) is 6.54 Å². The Labute approximate surface area is 136 Å². The second-order valence-corrected chi connectivity index (χ2v) is 6.60. The molecule has 1 saturated carbocycles. The summed E-state index contributed by atoms with van der Waals surface area (Å²) in [5.74, 6) is -0.953. The van der Waals surface area contributed by atoms with Gasteiger partial charge in [0.15, 0.2) is 0 Å². The van der Waals surface area contributed by atoms with Crippen LogP contribution in [0, 0.1) is 5.92 Å². The van der Waals surface area contributed by atoms with E-state index in [1.807, 2.05) is 23.1 Å². The lowest BCUT2D eigenvalue weighted by molar-refractivity contribution is -0.142. The molecule has 5 heteroatoms. The number of hydrogen-bond acceptors (Lipinski definition) is 2. The minimum atomic E-state index is -0.710. The Kier molecular flexibility index (Phi) is 4.84. The molecule has 0 aromatic heterocycles. The predicted octanol–water partition coefficient (Wildman–Crippen LogP) is 3.18. The third-order valence-electron chi connectivity index (χ3n) is 5.10. The molecule has 1 saturated heterocycles. The minimum Gasteiger partial charge on any atom is -0.481 e. The van der Waals surface area contributed by atoms with Crippen LogP contribution in [0.5, 0.6) is 0 Å². The van der Waals surface area contributed by atoms with Crippen LogP contribution in [0.15, 0.2) is 30.3 Å². The van der Waals surface area contributed by atoms with Gasteiger partial charge in [-0.1, -0.05) is 30.3 Å². The van der Waals surface area contributed by atoms with E-state index in [1.165, 1.54) is 5.56 Å². The highest BCUT2D eigenvalue weighted by Crippen LogP contribution is 2.32. The molecule has 0 bridgehead atoms. The van der Waals surface area contributed by atoms with Gasteiger partial charge in [-0.25, -0.2) is 4.79 Å². The Morgan fingerprint density at radius 1 is 1.04 bits per heavy atom. The van der Waals surface area contributed by atoms with E-state index in [4.69, 9.17) is 5.11 Å². The molecular formula is C18H24N2O3. The van der Waals surface area contributed by atoms with Gasteiger partial charge >= 0.3 is 12.0 Å². The summed E-state index contributed by atoms with van der Waals surface area (Å²) in [6.45, 7) is 0.788. The van der Waals surface area contributed by atoms with Crippen LogP contribution < -0.4 is 5.32 Å². The first-order chi connectivity index (χ1) is 11.1. The summed E-state index contributed by atoms with van der Waals surface area (Å²) in [4.78, 5) is 25.5. The van der Waals surface area contributed by atoms with Crippen LogP contribution in [0.2, 0.25) is 0 Å². The molecule has 2 amide bonds. The van der Waals surface area contributed by atoms with E-state index in [0.717, 1.165) is 32.2 Å². The number of nitrogens with one attached hydrogen (secondary N) is 1. The van der Waals surface area contributed by atoms with Crippen molar-refractivity contribution >= 4 is 12.0 Å². The van der Waals surface area contributed by atoms with Gasteiger partial charge in [0.05, 0.1) is 12.0 Å². The lowest BCUT2D eigenvalue weighted by Crippen LogP contribution is -2.46. The fraction of sp³-hybridized carbons (Fsp3) is 0.556. The Morgan fingerprint density at radius 3 is 2.39 bits per heavy atom. The highest BCUT2D eigenvalue weighted by atomic mass is 16.4. The van der Waals surface area contributed by atoms with Gasteiger partial charge in [-0.15, -0.1) is 0 Å². The molecule has 2 fully saturated rings. The molecule has 0 spiro atoms. The maximum atomic E-state index is 12.6. The molecule has 0 radical (unpaired) electrons. The number of urea groups is 1. The van der Waals surface area contributed by atoms with Gasteiger partial charge in [0.2, 0.25) is 0 Å². The third kappa shape index (κ3) is 3.66. The van der Waals surface area contributed by atoms with Gasteiger partial charge < -0.3 is 15.3 Å². The molecule has 1 aliphatic carbocycles. The van der Waals surface area contributed by atoms with Crippen LogP contribution in [-0.4, -0.2) is 34.6 Å². The molecule has 2 aliphatic rings. The lowest BCUT2D eigenvalue weighted by Gasteiger charge is -2.31. The monoisotopic (exact) mass is 316 g/mol. The largest absolute Gasteiger partial charge is 0.481 e. The summed E-state index contributed by atoms with van der Waals surface area (Å²) in [7, 11) is 0. The summed E-state index contributed by atoms with van der Waals surface area (Å²) in [5, 5.41) is 12.2. The van der Waals surface area contributed by atoms with Gasteiger partial charge in [-0.3, -0.25) is 4.79 Å². The number of carboxylic acids is 1. The van der Waals surface area contributed by atoms with Crippen molar-refractivity contribution in [3.8, 4) is 0 Å². The molecule has 1 atom stereocenters. The van der Waals surface area contributed by atoms with Gasteiger partial charge in [-0.2, -0.15) is 0 Å². The van der Waals surface area contributed by atoms with Crippen molar-refractivity contribution in [2.24, 2.45) is 5.92 Å². The maximum absolute atomic E-state index is 12.6. The number of rotatable bonds is 3. The molecule has 1 aliphatic heterocycles. The summed E-state index contributed by atoms with van der Waals surface area (Å²) in [5.41, 5.74) is 1.19. The number of hydrogen-bond donors (Lipinski definition) is 2. The van der Waals surface area contributed by atoms with Crippen molar-refractivity contribution in [1.29, 1.82) is 0 Å². The average Bonchev–Trinajstić information content (AvgIpc) is 3.06. The Balaban J connectivity index is 1.57. The molecule has 1 unspecified atom stereocenters. The quantitative estimate of drug-likeness (QED) is 0.900. The van der Waals surface area contributed by atoms with Gasteiger partial charge in [0.25, 0.3) is 0 Å². The number of likely N-dealkylation sites (tertiary alicyclic amines) is 1. The van der Waals surface area contributed by atoms with Crippen LogP contribution in [0.25, 0.3) is 0 Å². The fourth-order valence-electron chi connectivity index (χ4n) is 3.77. The Hall–Kier alpha value is -2.04. The zero-order valence-electron chi connectivity index (χ0n) is 13.3. The molecule has 2 N–H and O–H groups in total. The van der Waals surface area contributed by atoms with E-state index in [2.05, 4.69) is 17.4 Å². The molecule has 1 aromatic carbocycles. The van der Waals surface area contributed by atoms with Crippen LogP contribution >= 0.6 is 0 Å². The van der Waals surface area contributed by atoms with Crippen LogP contribution in [0.1, 0.15) is 50.1 Å². The number of benzene rings is 1. The van der Waals surface area contributed by atoms with E-state index in [-0.39, 0.29) is 24.0 Å². The van der Waals surface area contributed by atoms with Crippen LogP contribution in [-0.2, 0) is 4.79 Å².